The molecule has 0 aromatic carbocycles. The third kappa shape index (κ3) is 15.7. The molecular weight excluding hydrogens is 142 g/mol. The van der Waals surface area contributed by atoms with Crippen LogP contribution in [0.15, 0.2) is 0 Å². The molecule has 64 valence electrons. The van der Waals surface area contributed by atoms with Crippen LogP contribution in [0.5, 0.6) is 0 Å². The first-order valence-electron chi connectivity index (χ1n) is 4.03. The van der Waals surface area contributed by atoms with Gasteiger partial charge in [-0.2, -0.15) is 12.6 Å². The van der Waals surface area contributed by atoms with Crippen molar-refractivity contribution in [1.82, 2.24) is 0 Å². The van der Waals surface area contributed by atoms with Crippen molar-refractivity contribution in [2.45, 2.75) is 40.0 Å². The Labute approximate surface area is 70.8 Å². The Morgan fingerprint density at radius 3 is 1.90 bits per heavy atom. The summed E-state index contributed by atoms with van der Waals surface area (Å²) in [6.45, 7) is 6.80. The Balaban J connectivity index is 0. The van der Waals surface area contributed by atoms with E-state index in [-0.39, 0.29) is 0 Å². The first-order valence-corrected chi connectivity index (χ1v) is 4.66. The van der Waals surface area contributed by atoms with E-state index < -0.39 is 0 Å². The molecule has 0 heterocycles. The van der Waals surface area contributed by atoms with Crippen LogP contribution in [0.4, 0.5) is 0 Å². The Kier molecular flexibility index (Phi) is 15.6. The van der Waals surface area contributed by atoms with Crippen LogP contribution in [0.25, 0.3) is 0 Å². The maximum Gasteiger partial charge on any atom is 0.0362 e. The van der Waals surface area contributed by atoms with Gasteiger partial charge in [0.15, 0.2) is 0 Å². The van der Waals surface area contributed by atoms with Gasteiger partial charge in [-0.15, -0.1) is 0 Å². The maximum atomic E-state index is 4.71. The Morgan fingerprint density at radius 1 is 1.40 bits per heavy atom. The van der Waals surface area contributed by atoms with E-state index in [0.29, 0.717) is 5.88 Å². The van der Waals surface area contributed by atoms with Crippen LogP contribution in [0.2, 0.25) is 0 Å². The molecule has 0 saturated carbocycles. The number of rotatable bonds is 3. The van der Waals surface area contributed by atoms with Crippen molar-refractivity contribution in [3.8, 4) is 0 Å². The Morgan fingerprint density at radius 2 is 1.80 bits per heavy atom. The van der Waals surface area contributed by atoms with Crippen molar-refractivity contribution in [3.05, 3.63) is 0 Å². The van der Waals surface area contributed by atoms with Crippen LogP contribution in [-0.2, 0) is 0 Å². The summed E-state index contributed by atoms with van der Waals surface area (Å²) in [7, 11) is 0. The molecule has 0 aliphatic rings. The normalized spacial score (nSPS) is 11.7. The van der Waals surface area contributed by atoms with E-state index in [9.17, 15) is 0 Å². The molecule has 0 spiro atoms. The summed E-state index contributed by atoms with van der Waals surface area (Å²) in [4.78, 5) is 0. The van der Waals surface area contributed by atoms with Crippen molar-refractivity contribution in [2.24, 2.45) is 11.7 Å². The van der Waals surface area contributed by atoms with Crippen LogP contribution in [0, 0.1) is 5.92 Å². The summed E-state index contributed by atoms with van der Waals surface area (Å²) < 4.78 is 0. The summed E-state index contributed by atoms with van der Waals surface area (Å²) in [6, 6.07) is 0. The predicted molar refractivity (Wildman–Crippen MR) is 52.4 cm³/mol. The van der Waals surface area contributed by atoms with Crippen LogP contribution in [0.1, 0.15) is 40.0 Å². The molecule has 0 aromatic heterocycles. The molecule has 0 saturated heterocycles. The average molecular weight is 163 g/mol. The summed E-state index contributed by atoms with van der Waals surface area (Å²) in [5.41, 5.74) is 4.71. The molecule has 1 atom stereocenters. The van der Waals surface area contributed by atoms with Gasteiger partial charge in [-0.25, -0.2) is 0 Å². The fourth-order valence-electron chi connectivity index (χ4n) is 0.697. The molecule has 1 nitrogen and oxygen atoms in total. The van der Waals surface area contributed by atoms with Crippen molar-refractivity contribution in [3.63, 3.8) is 0 Å². The van der Waals surface area contributed by atoms with Gasteiger partial charge in [0.05, 0.1) is 0 Å². The highest BCUT2D eigenvalue weighted by atomic mass is 32.1. The van der Waals surface area contributed by atoms with E-state index >= 15 is 0 Å². The quantitative estimate of drug-likeness (QED) is 0.485. The SMILES string of the molecule is CCCC(C)CC.NCS. The predicted octanol–water partition coefficient (Wildman–Crippen LogP) is 2.67. The lowest BCUT2D eigenvalue weighted by atomic mass is 10.0. The van der Waals surface area contributed by atoms with Crippen molar-refractivity contribution >= 4 is 12.6 Å². The highest BCUT2D eigenvalue weighted by Crippen LogP contribution is 2.07. The molecule has 0 bridgehead atoms. The van der Waals surface area contributed by atoms with E-state index in [0.717, 1.165) is 5.92 Å². The largest absolute Gasteiger partial charge is 0.322 e. The highest BCUT2D eigenvalue weighted by molar-refractivity contribution is 7.80. The first-order chi connectivity index (χ1) is 4.72. The average Bonchev–Trinajstić information content (AvgIpc) is 1.90. The van der Waals surface area contributed by atoms with Gasteiger partial charge in [0.25, 0.3) is 0 Å². The lowest BCUT2D eigenvalue weighted by Gasteiger charge is -2.02. The van der Waals surface area contributed by atoms with Crippen LogP contribution < -0.4 is 5.73 Å². The first kappa shape index (κ1) is 12.9. The van der Waals surface area contributed by atoms with Gasteiger partial charge in [-0.1, -0.05) is 40.0 Å². The second-order valence-electron chi connectivity index (χ2n) is 2.48. The molecular formula is C8H21NS. The minimum atomic E-state index is 0.444. The molecule has 0 fully saturated rings. The van der Waals surface area contributed by atoms with Crippen LogP contribution in [0.3, 0.4) is 0 Å². The topological polar surface area (TPSA) is 26.0 Å². The van der Waals surface area contributed by atoms with Gasteiger partial charge in [0.2, 0.25) is 0 Å². The molecule has 0 aliphatic heterocycles. The third-order valence-electron chi connectivity index (χ3n) is 1.48. The Hall–Kier alpha value is 0.310. The monoisotopic (exact) mass is 163 g/mol. The minimum Gasteiger partial charge on any atom is -0.322 e. The summed E-state index contributed by atoms with van der Waals surface area (Å²) in [5, 5.41) is 0. The lowest BCUT2D eigenvalue weighted by Crippen LogP contribution is -1.88. The van der Waals surface area contributed by atoms with E-state index in [2.05, 4.69) is 33.4 Å². The maximum absolute atomic E-state index is 4.71. The van der Waals surface area contributed by atoms with Gasteiger partial charge in [0, 0.05) is 5.88 Å². The van der Waals surface area contributed by atoms with E-state index in [1.165, 1.54) is 19.3 Å². The van der Waals surface area contributed by atoms with E-state index in [1.807, 2.05) is 0 Å². The highest BCUT2D eigenvalue weighted by Gasteiger charge is 1.92. The standard InChI is InChI=1S/C7H16.CH5NS/c1-4-6-7(3)5-2;2-1-3/h7H,4-6H2,1-3H3;3H,1-2H2. The summed E-state index contributed by atoms with van der Waals surface area (Å²) in [6.07, 6.45) is 4.08. The number of nitrogens with two attached hydrogens (primary N) is 1. The molecule has 0 aliphatic carbocycles. The van der Waals surface area contributed by atoms with Crippen molar-refractivity contribution < 1.29 is 0 Å². The van der Waals surface area contributed by atoms with Gasteiger partial charge in [0.1, 0.15) is 0 Å². The summed E-state index contributed by atoms with van der Waals surface area (Å²) >= 11 is 3.57. The second-order valence-corrected chi connectivity index (χ2v) is 2.85. The molecule has 2 N–H and O–H groups in total. The van der Waals surface area contributed by atoms with Crippen molar-refractivity contribution in [2.75, 3.05) is 5.88 Å². The number of hydrogen-bond donors (Lipinski definition) is 2. The fraction of sp³-hybridized carbons (Fsp3) is 1.00. The molecule has 0 amide bonds. The zero-order valence-electron chi connectivity index (χ0n) is 7.43. The van der Waals surface area contributed by atoms with E-state index in [4.69, 9.17) is 5.73 Å². The van der Waals surface area contributed by atoms with Crippen molar-refractivity contribution in [1.29, 1.82) is 0 Å². The molecule has 1 unspecified atom stereocenters. The van der Waals surface area contributed by atoms with Crippen LogP contribution >= 0.6 is 12.6 Å². The zero-order chi connectivity index (χ0) is 8.41. The smallest absolute Gasteiger partial charge is 0.0362 e. The number of thiol groups is 1. The second kappa shape index (κ2) is 12.0. The lowest BCUT2D eigenvalue weighted by molar-refractivity contribution is 0.509. The molecule has 2 heteroatoms. The van der Waals surface area contributed by atoms with Gasteiger partial charge in [-0.3, -0.25) is 0 Å². The van der Waals surface area contributed by atoms with Gasteiger partial charge >= 0.3 is 0 Å². The van der Waals surface area contributed by atoms with Gasteiger partial charge < -0.3 is 5.73 Å². The fourth-order valence-corrected chi connectivity index (χ4v) is 0.697. The summed E-state index contributed by atoms with van der Waals surface area (Å²) in [5.74, 6) is 1.39. The third-order valence-corrected chi connectivity index (χ3v) is 1.48. The molecule has 10 heavy (non-hydrogen) atoms. The van der Waals surface area contributed by atoms with E-state index in [1.54, 1.807) is 0 Å². The number of hydrogen-bond acceptors (Lipinski definition) is 2. The van der Waals surface area contributed by atoms with Crippen LogP contribution in [-0.4, -0.2) is 5.88 Å². The Bertz CT molecular complexity index is 48.5. The zero-order valence-corrected chi connectivity index (χ0v) is 8.32. The molecule has 0 rings (SSSR count). The van der Waals surface area contributed by atoms with Gasteiger partial charge in [-0.05, 0) is 5.92 Å². The molecule has 0 radical (unpaired) electrons. The molecule has 0 aromatic rings. The minimum absolute atomic E-state index is 0.444.